The Morgan fingerprint density at radius 1 is 1.50 bits per heavy atom. The van der Waals surface area contributed by atoms with Gasteiger partial charge in [-0.2, -0.15) is 0 Å². The van der Waals surface area contributed by atoms with Gasteiger partial charge in [0.25, 0.3) is 0 Å². The molecule has 0 amide bonds. The molecular weight excluding hydrogens is 72.1 g/mol. The lowest BCUT2D eigenvalue weighted by Crippen LogP contribution is -1.70. The number of rotatable bonds is 0. The van der Waals surface area contributed by atoms with Crippen LogP contribution in [0.5, 0.6) is 0 Å². The largest absolute Gasteiger partial charge is 0.102 e. The first-order chi connectivity index (χ1) is 2.77. The second-order valence-corrected chi connectivity index (χ2v) is 1.30. The van der Waals surface area contributed by atoms with E-state index in [1.165, 1.54) is 0 Å². The van der Waals surface area contributed by atoms with Gasteiger partial charge in [-0.15, -0.1) is 5.92 Å². The van der Waals surface area contributed by atoms with Crippen LogP contribution in [0.1, 0.15) is 13.8 Å². The normalized spacial score (nSPS) is 7.33. The molecule has 0 atom stereocenters. The van der Waals surface area contributed by atoms with Crippen molar-refractivity contribution in [1.29, 1.82) is 0 Å². The first-order valence-electron chi connectivity index (χ1n) is 1.85. The molecule has 0 rings (SSSR count). The molecule has 0 aliphatic rings. The highest BCUT2D eigenvalue weighted by Crippen LogP contribution is 1.87. The lowest BCUT2D eigenvalue weighted by Gasteiger charge is -1.80. The van der Waals surface area contributed by atoms with Crippen molar-refractivity contribution in [3.8, 4) is 11.8 Å². The van der Waals surface area contributed by atoms with Gasteiger partial charge in [0.1, 0.15) is 0 Å². The van der Waals surface area contributed by atoms with Gasteiger partial charge in [0, 0.05) is 12.8 Å². The summed E-state index contributed by atoms with van der Waals surface area (Å²) < 4.78 is 0. The lowest BCUT2D eigenvalue weighted by atomic mass is 10.2. The molecule has 0 nitrogen and oxygen atoms in total. The highest BCUT2D eigenvalue weighted by atomic mass is 13.8. The van der Waals surface area contributed by atoms with E-state index in [-0.39, 0.29) is 0 Å². The van der Waals surface area contributed by atoms with E-state index in [1.807, 2.05) is 13.8 Å². The van der Waals surface area contributed by atoms with Gasteiger partial charge in [-0.3, -0.25) is 0 Å². The summed E-state index contributed by atoms with van der Waals surface area (Å²) in [6.45, 7) is 7.26. The van der Waals surface area contributed by atoms with Gasteiger partial charge in [-0.25, -0.2) is 0 Å². The van der Waals surface area contributed by atoms with Gasteiger partial charge in [-0.05, 0) is 13.8 Å². The van der Waals surface area contributed by atoms with Crippen LogP contribution in [0.2, 0.25) is 0 Å². The fourth-order valence-electron chi connectivity index (χ4n) is 0.177. The third-order valence-electron chi connectivity index (χ3n) is 0.338. The molecule has 0 bridgehead atoms. The van der Waals surface area contributed by atoms with E-state index in [4.69, 9.17) is 0 Å². The lowest BCUT2D eigenvalue weighted by molar-refractivity contribution is 1.25. The maximum atomic E-state index is 3.34. The van der Waals surface area contributed by atoms with Gasteiger partial charge in [-0.1, -0.05) is 5.92 Å². The van der Waals surface area contributed by atoms with E-state index in [1.54, 1.807) is 0 Å². The molecule has 0 aliphatic carbocycles. The summed E-state index contributed by atoms with van der Waals surface area (Å²) in [6, 6.07) is 0. The SMILES string of the molecule is [CH2]C#C[C](C)C. The van der Waals surface area contributed by atoms with Gasteiger partial charge >= 0.3 is 0 Å². The second-order valence-electron chi connectivity index (χ2n) is 1.30. The Bertz CT molecular complexity index is 69.8. The summed E-state index contributed by atoms with van der Waals surface area (Å²) in [5.74, 6) is 6.41. The van der Waals surface area contributed by atoms with Crippen LogP contribution < -0.4 is 0 Å². The van der Waals surface area contributed by atoms with E-state index >= 15 is 0 Å². The van der Waals surface area contributed by atoms with E-state index < -0.39 is 0 Å². The molecule has 0 spiro atoms. The summed E-state index contributed by atoms with van der Waals surface area (Å²) in [6.07, 6.45) is 0. The third kappa shape index (κ3) is 3.56. The summed E-state index contributed by atoms with van der Waals surface area (Å²) in [5, 5.41) is 0. The summed E-state index contributed by atoms with van der Waals surface area (Å²) in [5.41, 5.74) is 0. The zero-order valence-electron chi connectivity index (χ0n) is 4.21. The van der Waals surface area contributed by atoms with Crippen LogP contribution in [0.4, 0.5) is 0 Å². The molecule has 0 saturated heterocycles. The topological polar surface area (TPSA) is 0 Å². The molecule has 0 heteroatoms. The van der Waals surface area contributed by atoms with Crippen LogP contribution in [-0.2, 0) is 0 Å². The molecule has 0 fully saturated rings. The van der Waals surface area contributed by atoms with Crippen molar-refractivity contribution in [2.45, 2.75) is 13.8 Å². The molecular formula is C6H8. The molecule has 0 aromatic carbocycles. The second kappa shape index (κ2) is 2.78. The third-order valence-corrected chi connectivity index (χ3v) is 0.338. The minimum atomic E-state index is 1.12. The smallest absolute Gasteiger partial charge is 0.0418 e. The molecule has 0 N–H and O–H groups in total. The van der Waals surface area contributed by atoms with Crippen LogP contribution in [0.25, 0.3) is 0 Å². The van der Waals surface area contributed by atoms with Gasteiger partial charge in [0.15, 0.2) is 0 Å². The summed E-state index contributed by atoms with van der Waals surface area (Å²) in [4.78, 5) is 0. The fraction of sp³-hybridized carbons (Fsp3) is 0.333. The van der Waals surface area contributed by atoms with Crippen molar-refractivity contribution in [3.63, 3.8) is 0 Å². The minimum absolute atomic E-state index is 1.12. The zero-order valence-corrected chi connectivity index (χ0v) is 4.21. The molecule has 0 aromatic rings. The van der Waals surface area contributed by atoms with Gasteiger partial charge in [0.2, 0.25) is 0 Å². The molecule has 0 heterocycles. The van der Waals surface area contributed by atoms with Gasteiger partial charge in [0.05, 0.1) is 0 Å². The molecule has 0 saturated carbocycles. The number of hydrogen-bond acceptors (Lipinski definition) is 0. The highest BCUT2D eigenvalue weighted by Gasteiger charge is 1.77. The first kappa shape index (κ1) is 5.56. The Kier molecular flexibility index (Phi) is 2.58. The Hall–Kier alpha value is -0.440. The van der Waals surface area contributed by atoms with E-state index in [0.717, 1.165) is 5.92 Å². The average molecular weight is 80.1 g/mol. The van der Waals surface area contributed by atoms with Crippen LogP contribution >= 0.6 is 0 Å². The Morgan fingerprint density at radius 3 is 2.00 bits per heavy atom. The molecule has 6 heavy (non-hydrogen) atoms. The Balaban J connectivity index is 3.20. The average Bonchev–Trinajstić information content (AvgIpc) is 1.35. The maximum absolute atomic E-state index is 3.34. The van der Waals surface area contributed by atoms with Crippen molar-refractivity contribution in [2.75, 3.05) is 0 Å². The van der Waals surface area contributed by atoms with E-state index in [0.29, 0.717) is 0 Å². The van der Waals surface area contributed by atoms with Crippen LogP contribution in [0.3, 0.4) is 0 Å². The Labute approximate surface area is 39.6 Å². The van der Waals surface area contributed by atoms with Gasteiger partial charge < -0.3 is 0 Å². The molecule has 0 aromatic heterocycles. The predicted octanol–water partition coefficient (Wildman–Crippen LogP) is 1.44. The van der Waals surface area contributed by atoms with Crippen molar-refractivity contribution in [1.82, 2.24) is 0 Å². The molecule has 32 valence electrons. The monoisotopic (exact) mass is 80.1 g/mol. The minimum Gasteiger partial charge on any atom is -0.102 e. The van der Waals surface area contributed by atoms with E-state index in [2.05, 4.69) is 18.8 Å². The summed E-state index contributed by atoms with van der Waals surface area (Å²) >= 11 is 0. The first-order valence-corrected chi connectivity index (χ1v) is 1.85. The van der Waals surface area contributed by atoms with Crippen molar-refractivity contribution in [2.24, 2.45) is 0 Å². The van der Waals surface area contributed by atoms with Crippen LogP contribution in [0.15, 0.2) is 0 Å². The zero-order chi connectivity index (χ0) is 4.99. The quantitative estimate of drug-likeness (QED) is 0.386. The van der Waals surface area contributed by atoms with Crippen LogP contribution in [-0.4, -0.2) is 0 Å². The van der Waals surface area contributed by atoms with E-state index in [9.17, 15) is 0 Å². The van der Waals surface area contributed by atoms with Crippen molar-refractivity contribution in [3.05, 3.63) is 12.8 Å². The predicted molar refractivity (Wildman–Crippen MR) is 27.7 cm³/mol. The number of hydrogen-bond donors (Lipinski definition) is 0. The van der Waals surface area contributed by atoms with Crippen molar-refractivity contribution >= 4 is 0 Å². The molecule has 2 radical (unpaired) electrons. The van der Waals surface area contributed by atoms with Crippen LogP contribution in [0, 0.1) is 24.7 Å². The standard InChI is InChI=1S/C6H8/c1-4-5-6(2)3/h1H2,2-3H3. The highest BCUT2D eigenvalue weighted by molar-refractivity contribution is 5.17. The summed E-state index contributed by atoms with van der Waals surface area (Å²) in [7, 11) is 0. The Morgan fingerprint density at radius 2 is 2.00 bits per heavy atom. The van der Waals surface area contributed by atoms with Crippen molar-refractivity contribution < 1.29 is 0 Å². The fourth-order valence-corrected chi connectivity index (χ4v) is 0.177. The molecule has 0 unspecified atom stereocenters. The maximum Gasteiger partial charge on any atom is 0.0418 e. The molecule has 0 aliphatic heterocycles.